The molecule has 1 aromatic carbocycles. The van der Waals surface area contributed by atoms with Crippen LogP contribution in [0, 0.1) is 5.82 Å². The highest BCUT2D eigenvalue weighted by molar-refractivity contribution is 5.57. The third-order valence-electron chi connectivity index (χ3n) is 2.29. The van der Waals surface area contributed by atoms with Crippen molar-refractivity contribution in [2.24, 2.45) is 5.90 Å². The maximum Gasteiger partial charge on any atom is 0.123 e. The number of anilines is 1. The van der Waals surface area contributed by atoms with E-state index in [1.54, 1.807) is 6.07 Å². The first-order valence-corrected chi connectivity index (χ1v) is 4.16. The average molecular weight is 182 g/mol. The van der Waals surface area contributed by atoms with E-state index in [1.807, 2.05) is 0 Å². The van der Waals surface area contributed by atoms with Crippen LogP contribution in [0.2, 0.25) is 0 Å². The van der Waals surface area contributed by atoms with Gasteiger partial charge in [-0.2, -0.15) is 0 Å². The molecule has 3 nitrogen and oxygen atoms in total. The largest absolute Gasteiger partial charge is 0.384 e. The van der Waals surface area contributed by atoms with Crippen molar-refractivity contribution in [3.63, 3.8) is 0 Å². The molecule has 0 bridgehead atoms. The molecular formula is C9H11FN2O. The molecule has 0 saturated carbocycles. The normalized spacial score (nSPS) is 19.7. The molecule has 0 aromatic heterocycles. The molecule has 0 saturated heterocycles. The second-order valence-corrected chi connectivity index (χ2v) is 3.14. The second kappa shape index (κ2) is 3.32. The highest BCUT2D eigenvalue weighted by Gasteiger charge is 2.22. The Labute approximate surface area is 75.6 Å². The maximum absolute atomic E-state index is 12.9. The third kappa shape index (κ3) is 1.50. The van der Waals surface area contributed by atoms with Crippen LogP contribution in [-0.4, -0.2) is 13.2 Å². The van der Waals surface area contributed by atoms with Gasteiger partial charge in [0.05, 0.1) is 6.61 Å². The van der Waals surface area contributed by atoms with Gasteiger partial charge in [0.1, 0.15) is 5.82 Å². The summed E-state index contributed by atoms with van der Waals surface area (Å²) in [6.45, 7) is 1.18. The zero-order valence-electron chi connectivity index (χ0n) is 7.09. The van der Waals surface area contributed by atoms with Crippen molar-refractivity contribution in [3.05, 3.63) is 29.6 Å². The van der Waals surface area contributed by atoms with Crippen LogP contribution in [0.4, 0.5) is 10.1 Å². The van der Waals surface area contributed by atoms with Gasteiger partial charge >= 0.3 is 0 Å². The standard InChI is InChI=1S/C9H11FN2O/c10-7-1-2-9-8(3-7)6(4-12-9)5-13-11/h1-3,6,12H,4-5,11H2. The maximum atomic E-state index is 12.9. The third-order valence-corrected chi connectivity index (χ3v) is 2.29. The molecule has 70 valence electrons. The van der Waals surface area contributed by atoms with E-state index in [0.29, 0.717) is 6.61 Å². The molecule has 0 spiro atoms. The SMILES string of the molecule is NOCC1CNc2ccc(F)cc21. The van der Waals surface area contributed by atoms with Gasteiger partial charge < -0.3 is 10.2 Å². The summed E-state index contributed by atoms with van der Waals surface area (Å²) in [5.74, 6) is 4.93. The molecule has 1 aromatic rings. The first-order valence-electron chi connectivity index (χ1n) is 4.16. The quantitative estimate of drug-likeness (QED) is 0.676. The van der Waals surface area contributed by atoms with E-state index >= 15 is 0 Å². The van der Waals surface area contributed by atoms with Crippen molar-refractivity contribution < 1.29 is 9.23 Å². The fourth-order valence-electron chi connectivity index (χ4n) is 1.64. The predicted molar refractivity (Wildman–Crippen MR) is 47.8 cm³/mol. The first-order chi connectivity index (χ1) is 6.31. The Bertz CT molecular complexity index is 314. The van der Waals surface area contributed by atoms with Gasteiger partial charge in [-0.15, -0.1) is 0 Å². The summed E-state index contributed by atoms with van der Waals surface area (Å²) in [5, 5.41) is 3.16. The van der Waals surface area contributed by atoms with Gasteiger partial charge in [-0.25, -0.2) is 10.3 Å². The van der Waals surface area contributed by atoms with Crippen LogP contribution in [0.25, 0.3) is 0 Å². The molecule has 1 aliphatic heterocycles. The van der Waals surface area contributed by atoms with Gasteiger partial charge in [0.2, 0.25) is 0 Å². The number of benzene rings is 1. The van der Waals surface area contributed by atoms with Gasteiger partial charge in [-0.1, -0.05) is 0 Å². The molecule has 3 N–H and O–H groups in total. The van der Waals surface area contributed by atoms with Crippen LogP contribution in [0.3, 0.4) is 0 Å². The number of hydrogen-bond acceptors (Lipinski definition) is 3. The van der Waals surface area contributed by atoms with Gasteiger partial charge in [-0.05, 0) is 23.8 Å². The van der Waals surface area contributed by atoms with Crippen LogP contribution >= 0.6 is 0 Å². The van der Waals surface area contributed by atoms with Crippen molar-refractivity contribution in [1.29, 1.82) is 0 Å². The average Bonchev–Trinajstić information content (AvgIpc) is 2.49. The Balaban J connectivity index is 2.29. The minimum absolute atomic E-state index is 0.163. The van der Waals surface area contributed by atoms with E-state index < -0.39 is 0 Å². The lowest BCUT2D eigenvalue weighted by atomic mass is 10.0. The smallest absolute Gasteiger partial charge is 0.123 e. The second-order valence-electron chi connectivity index (χ2n) is 3.14. The van der Waals surface area contributed by atoms with Crippen LogP contribution in [0.15, 0.2) is 18.2 Å². The van der Waals surface area contributed by atoms with E-state index in [2.05, 4.69) is 10.2 Å². The van der Waals surface area contributed by atoms with Crippen LogP contribution in [0.1, 0.15) is 11.5 Å². The molecule has 0 amide bonds. The van der Waals surface area contributed by atoms with Crippen LogP contribution in [-0.2, 0) is 4.84 Å². The molecular weight excluding hydrogens is 171 g/mol. The van der Waals surface area contributed by atoms with Gasteiger partial charge in [0.25, 0.3) is 0 Å². The van der Waals surface area contributed by atoms with Crippen molar-refractivity contribution in [3.8, 4) is 0 Å². The van der Waals surface area contributed by atoms with E-state index in [-0.39, 0.29) is 11.7 Å². The molecule has 4 heteroatoms. The molecule has 0 aliphatic carbocycles. The number of rotatable bonds is 2. The van der Waals surface area contributed by atoms with Crippen molar-refractivity contribution in [2.45, 2.75) is 5.92 Å². The molecule has 1 atom stereocenters. The first kappa shape index (κ1) is 8.47. The summed E-state index contributed by atoms with van der Waals surface area (Å²) >= 11 is 0. The summed E-state index contributed by atoms with van der Waals surface area (Å²) in [5.41, 5.74) is 1.92. The van der Waals surface area contributed by atoms with Crippen LogP contribution < -0.4 is 11.2 Å². The molecule has 1 aliphatic rings. The Hall–Kier alpha value is -1.13. The lowest BCUT2D eigenvalue weighted by Crippen LogP contribution is -2.12. The summed E-state index contributed by atoms with van der Waals surface area (Å²) in [6, 6.07) is 4.71. The molecule has 0 fully saturated rings. The summed E-state index contributed by atoms with van der Waals surface area (Å²) in [4.78, 5) is 4.56. The van der Waals surface area contributed by atoms with E-state index in [0.717, 1.165) is 17.8 Å². The summed E-state index contributed by atoms with van der Waals surface area (Å²) in [6.07, 6.45) is 0. The fraction of sp³-hybridized carbons (Fsp3) is 0.333. The fourth-order valence-corrected chi connectivity index (χ4v) is 1.64. The lowest BCUT2D eigenvalue weighted by molar-refractivity contribution is 0.127. The van der Waals surface area contributed by atoms with Crippen molar-refractivity contribution in [2.75, 3.05) is 18.5 Å². The Morgan fingerprint density at radius 1 is 1.62 bits per heavy atom. The molecule has 1 heterocycles. The van der Waals surface area contributed by atoms with E-state index in [4.69, 9.17) is 5.90 Å². The van der Waals surface area contributed by atoms with Gasteiger partial charge in [-0.3, -0.25) is 0 Å². The number of nitrogens with two attached hydrogens (primary N) is 1. The zero-order valence-corrected chi connectivity index (χ0v) is 7.09. The van der Waals surface area contributed by atoms with Crippen molar-refractivity contribution >= 4 is 5.69 Å². The molecule has 13 heavy (non-hydrogen) atoms. The minimum atomic E-state index is -0.218. The van der Waals surface area contributed by atoms with Gasteiger partial charge in [0.15, 0.2) is 0 Å². The number of hydrogen-bond donors (Lipinski definition) is 2. The number of halogens is 1. The molecule has 1 unspecified atom stereocenters. The topological polar surface area (TPSA) is 47.3 Å². The Kier molecular flexibility index (Phi) is 2.16. The minimum Gasteiger partial charge on any atom is -0.384 e. The monoisotopic (exact) mass is 182 g/mol. The highest BCUT2D eigenvalue weighted by atomic mass is 19.1. The Morgan fingerprint density at radius 3 is 3.23 bits per heavy atom. The Morgan fingerprint density at radius 2 is 2.46 bits per heavy atom. The lowest BCUT2D eigenvalue weighted by Gasteiger charge is -2.07. The van der Waals surface area contributed by atoms with Crippen LogP contribution in [0.5, 0.6) is 0 Å². The molecule has 0 radical (unpaired) electrons. The summed E-state index contributed by atoms with van der Waals surface area (Å²) in [7, 11) is 0. The zero-order chi connectivity index (χ0) is 9.26. The van der Waals surface area contributed by atoms with Crippen molar-refractivity contribution in [1.82, 2.24) is 0 Å². The van der Waals surface area contributed by atoms with E-state index in [9.17, 15) is 4.39 Å². The van der Waals surface area contributed by atoms with Gasteiger partial charge in [0, 0.05) is 18.2 Å². The number of nitrogens with one attached hydrogen (secondary N) is 1. The highest BCUT2D eigenvalue weighted by Crippen LogP contribution is 2.31. The predicted octanol–water partition coefficient (Wildman–Crippen LogP) is 1.23. The molecule has 2 rings (SSSR count). The number of fused-ring (bicyclic) bond motifs is 1. The van der Waals surface area contributed by atoms with E-state index in [1.165, 1.54) is 12.1 Å². The summed E-state index contributed by atoms with van der Waals surface area (Å²) < 4.78 is 12.9.